The average molecular weight is 227 g/mol. The Morgan fingerprint density at radius 3 is 2.83 bits per heavy atom. The van der Waals surface area contributed by atoms with E-state index in [1.807, 2.05) is 25.1 Å². The molecule has 0 unspecified atom stereocenters. The molecule has 0 aliphatic rings. The van der Waals surface area contributed by atoms with Gasteiger partial charge in [-0.1, -0.05) is 40.2 Å². The van der Waals surface area contributed by atoms with Gasteiger partial charge in [-0.15, -0.1) is 0 Å². The van der Waals surface area contributed by atoms with Gasteiger partial charge >= 0.3 is 0 Å². The fourth-order valence-corrected chi connectivity index (χ4v) is 1.52. The predicted octanol–water partition coefficient (Wildman–Crippen LogP) is 2.76. The monoisotopic (exact) mass is 226 g/mol. The van der Waals surface area contributed by atoms with Gasteiger partial charge in [0.05, 0.1) is 6.61 Å². The lowest BCUT2D eigenvalue weighted by molar-refractivity contribution is 0.350. The quantitative estimate of drug-likeness (QED) is 0.823. The molecule has 0 aliphatic heterocycles. The summed E-state index contributed by atoms with van der Waals surface area (Å²) < 4.78 is 0.979. The summed E-state index contributed by atoms with van der Waals surface area (Å²) in [5.41, 5.74) is 2.89. The molecule has 1 aromatic carbocycles. The first-order valence-corrected chi connectivity index (χ1v) is 4.49. The standard InChI is InChI=1S/C10H11BrO/c1-7-3-4-10(11)9(5-7)8(2)6-12/h3-5,12H,2,6H2,1H3. The van der Waals surface area contributed by atoms with Gasteiger partial charge < -0.3 is 5.11 Å². The Labute approximate surface area is 80.9 Å². The molecule has 2 heteroatoms. The van der Waals surface area contributed by atoms with Gasteiger partial charge in [0.15, 0.2) is 0 Å². The number of hydrogen-bond donors (Lipinski definition) is 1. The van der Waals surface area contributed by atoms with Crippen molar-refractivity contribution in [3.63, 3.8) is 0 Å². The van der Waals surface area contributed by atoms with Gasteiger partial charge in [0.1, 0.15) is 0 Å². The Balaban J connectivity index is 3.13. The van der Waals surface area contributed by atoms with E-state index < -0.39 is 0 Å². The van der Waals surface area contributed by atoms with E-state index in [0.717, 1.165) is 15.6 Å². The van der Waals surface area contributed by atoms with E-state index in [9.17, 15) is 0 Å². The molecule has 1 nitrogen and oxygen atoms in total. The van der Waals surface area contributed by atoms with Crippen LogP contribution in [0.3, 0.4) is 0 Å². The van der Waals surface area contributed by atoms with Crippen molar-refractivity contribution in [3.05, 3.63) is 40.4 Å². The van der Waals surface area contributed by atoms with Crippen LogP contribution in [-0.4, -0.2) is 11.7 Å². The van der Waals surface area contributed by atoms with Crippen LogP contribution in [-0.2, 0) is 0 Å². The molecule has 0 radical (unpaired) electrons. The van der Waals surface area contributed by atoms with Crippen LogP contribution >= 0.6 is 15.9 Å². The fraction of sp³-hybridized carbons (Fsp3) is 0.200. The maximum atomic E-state index is 8.88. The van der Waals surface area contributed by atoms with Crippen LogP contribution in [0.15, 0.2) is 29.3 Å². The van der Waals surface area contributed by atoms with Gasteiger partial charge in [-0.3, -0.25) is 0 Å². The molecule has 64 valence electrons. The Kier molecular flexibility index (Phi) is 3.06. The average Bonchev–Trinajstić information content (AvgIpc) is 2.08. The van der Waals surface area contributed by atoms with Crippen LogP contribution in [0.25, 0.3) is 5.57 Å². The van der Waals surface area contributed by atoms with E-state index >= 15 is 0 Å². The maximum absolute atomic E-state index is 8.88. The first-order chi connectivity index (χ1) is 5.65. The zero-order valence-corrected chi connectivity index (χ0v) is 8.56. The number of rotatable bonds is 2. The molecule has 0 saturated heterocycles. The number of benzene rings is 1. The summed E-state index contributed by atoms with van der Waals surface area (Å²) in [6.45, 7) is 5.78. The summed E-state index contributed by atoms with van der Waals surface area (Å²) in [6, 6.07) is 5.98. The molecule has 0 bridgehead atoms. The van der Waals surface area contributed by atoms with Crippen LogP contribution in [0.4, 0.5) is 0 Å². The zero-order chi connectivity index (χ0) is 9.14. The van der Waals surface area contributed by atoms with Gasteiger partial charge in [0.2, 0.25) is 0 Å². The van der Waals surface area contributed by atoms with Gasteiger partial charge in [-0.05, 0) is 24.1 Å². The van der Waals surface area contributed by atoms with Crippen LogP contribution in [0.5, 0.6) is 0 Å². The van der Waals surface area contributed by atoms with Gasteiger partial charge in [-0.25, -0.2) is 0 Å². The molecule has 1 aromatic rings. The van der Waals surface area contributed by atoms with Crippen molar-refractivity contribution in [2.24, 2.45) is 0 Å². The van der Waals surface area contributed by atoms with E-state index in [1.165, 1.54) is 5.56 Å². The van der Waals surface area contributed by atoms with E-state index in [4.69, 9.17) is 5.11 Å². The van der Waals surface area contributed by atoms with Crippen LogP contribution in [0, 0.1) is 6.92 Å². The Bertz CT molecular complexity index is 305. The maximum Gasteiger partial charge on any atom is 0.0682 e. The smallest absolute Gasteiger partial charge is 0.0682 e. The summed E-state index contributed by atoms with van der Waals surface area (Å²) in [4.78, 5) is 0. The minimum Gasteiger partial charge on any atom is -0.392 e. The lowest BCUT2D eigenvalue weighted by atomic mass is 10.1. The third-order valence-corrected chi connectivity index (χ3v) is 2.39. The zero-order valence-electron chi connectivity index (χ0n) is 6.97. The predicted molar refractivity (Wildman–Crippen MR) is 55.0 cm³/mol. The summed E-state index contributed by atoms with van der Waals surface area (Å²) in [5.74, 6) is 0. The van der Waals surface area contributed by atoms with Crippen molar-refractivity contribution < 1.29 is 5.11 Å². The highest BCUT2D eigenvalue weighted by Crippen LogP contribution is 2.23. The molecule has 1 N–H and O–H groups in total. The molecule has 0 amide bonds. The molecule has 0 atom stereocenters. The van der Waals surface area contributed by atoms with E-state index in [1.54, 1.807) is 0 Å². The van der Waals surface area contributed by atoms with Crippen molar-refractivity contribution in [2.75, 3.05) is 6.61 Å². The number of aliphatic hydroxyl groups is 1. The van der Waals surface area contributed by atoms with Gasteiger partial charge in [0, 0.05) is 4.47 Å². The number of hydrogen-bond acceptors (Lipinski definition) is 1. The highest BCUT2D eigenvalue weighted by atomic mass is 79.9. The minimum atomic E-state index is 0.00204. The van der Waals surface area contributed by atoms with E-state index in [-0.39, 0.29) is 6.61 Å². The lowest BCUT2D eigenvalue weighted by Gasteiger charge is -2.05. The molecule has 0 aromatic heterocycles. The van der Waals surface area contributed by atoms with Crippen LogP contribution < -0.4 is 0 Å². The number of aryl methyl sites for hydroxylation is 1. The molecular weight excluding hydrogens is 216 g/mol. The molecule has 1 rings (SSSR count). The topological polar surface area (TPSA) is 20.2 Å². The van der Waals surface area contributed by atoms with Crippen LogP contribution in [0.1, 0.15) is 11.1 Å². The summed E-state index contributed by atoms with van der Waals surface area (Å²) in [6.07, 6.45) is 0. The highest BCUT2D eigenvalue weighted by Gasteiger charge is 2.02. The van der Waals surface area contributed by atoms with Crippen LogP contribution in [0.2, 0.25) is 0 Å². The first kappa shape index (κ1) is 9.49. The third-order valence-electron chi connectivity index (χ3n) is 1.69. The SMILES string of the molecule is C=C(CO)c1cc(C)ccc1Br. The Morgan fingerprint density at radius 2 is 2.25 bits per heavy atom. The first-order valence-electron chi connectivity index (χ1n) is 3.70. The Morgan fingerprint density at radius 1 is 1.58 bits per heavy atom. The molecule has 0 spiro atoms. The Hall–Kier alpha value is -0.600. The molecule has 12 heavy (non-hydrogen) atoms. The van der Waals surface area contributed by atoms with Crippen molar-refractivity contribution in [3.8, 4) is 0 Å². The van der Waals surface area contributed by atoms with Gasteiger partial charge in [-0.2, -0.15) is 0 Å². The lowest BCUT2D eigenvalue weighted by Crippen LogP contribution is -1.90. The molecule has 0 saturated carbocycles. The molecule has 0 heterocycles. The fourth-order valence-electron chi connectivity index (χ4n) is 0.995. The van der Waals surface area contributed by atoms with Crippen molar-refractivity contribution in [1.29, 1.82) is 0 Å². The summed E-state index contributed by atoms with van der Waals surface area (Å²) in [7, 11) is 0. The summed E-state index contributed by atoms with van der Waals surface area (Å²) in [5, 5.41) is 8.88. The second-order valence-corrected chi connectivity index (χ2v) is 3.60. The summed E-state index contributed by atoms with van der Waals surface area (Å²) >= 11 is 3.40. The molecule has 0 fully saturated rings. The molecular formula is C10H11BrO. The van der Waals surface area contributed by atoms with E-state index in [2.05, 4.69) is 22.5 Å². The van der Waals surface area contributed by atoms with Crippen molar-refractivity contribution >= 4 is 21.5 Å². The second-order valence-electron chi connectivity index (χ2n) is 2.74. The van der Waals surface area contributed by atoms with E-state index in [0.29, 0.717) is 0 Å². The van der Waals surface area contributed by atoms with Gasteiger partial charge in [0.25, 0.3) is 0 Å². The second kappa shape index (κ2) is 3.87. The molecule has 0 aliphatic carbocycles. The largest absolute Gasteiger partial charge is 0.392 e. The number of halogens is 1. The van der Waals surface area contributed by atoms with Crippen molar-refractivity contribution in [1.82, 2.24) is 0 Å². The highest BCUT2D eigenvalue weighted by molar-refractivity contribution is 9.10. The normalized spacial score (nSPS) is 9.92. The van der Waals surface area contributed by atoms with Crippen molar-refractivity contribution in [2.45, 2.75) is 6.92 Å². The number of aliphatic hydroxyl groups excluding tert-OH is 1. The third kappa shape index (κ3) is 1.96. The minimum absolute atomic E-state index is 0.00204.